The zero-order chi connectivity index (χ0) is 4.12. The fourth-order valence-corrected chi connectivity index (χ4v) is 0.0892. The molecule has 0 unspecified atom stereocenters. The van der Waals surface area contributed by atoms with E-state index >= 15 is 0 Å². The second-order valence-corrected chi connectivity index (χ2v) is 1.24. The average molecular weight is 200 g/mol. The van der Waals surface area contributed by atoms with E-state index < -0.39 is 0 Å². The van der Waals surface area contributed by atoms with E-state index in [0.29, 0.717) is 0 Å². The molecule has 0 fully saturated rings. The Morgan fingerprint density at radius 3 is 1.50 bits per heavy atom. The molecule has 0 saturated carbocycles. The second kappa shape index (κ2) is 9.61. The summed E-state index contributed by atoms with van der Waals surface area (Å²) in [6, 6.07) is 0. The summed E-state index contributed by atoms with van der Waals surface area (Å²) in [7, 11) is 0. The maximum absolute atomic E-state index is 7.61. The predicted molar refractivity (Wildman–Crippen MR) is 18.4 cm³/mol. The molecule has 0 amide bonds. The van der Waals surface area contributed by atoms with Gasteiger partial charge in [0.1, 0.15) is 0 Å². The second-order valence-electron chi connectivity index (χ2n) is 0.210. The van der Waals surface area contributed by atoms with E-state index in [1.165, 1.54) is 0 Å². The summed E-state index contributed by atoms with van der Waals surface area (Å²) in [5.74, 6) is 0. The van der Waals surface area contributed by atoms with Crippen molar-refractivity contribution in [3.05, 3.63) is 0 Å². The molecule has 0 N–H and O–H groups in total. The molecule has 0 aromatic heterocycles. The van der Waals surface area contributed by atoms with Crippen molar-refractivity contribution in [2.45, 2.75) is 0 Å². The molecule has 0 aromatic rings. The Bertz CT molecular complexity index is 76.7. The molecule has 31 valence electrons. The molecule has 0 rings (SSSR count). The number of rotatable bonds is 0. The third kappa shape index (κ3) is 9.02. The van der Waals surface area contributed by atoms with Crippen LogP contribution in [0.4, 0.5) is 0 Å². The van der Waals surface area contributed by atoms with Crippen LogP contribution in [0.2, 0.25) is 0 Å². The molecule has 0 aromatic carbocycles. The van der Waals surface area contributed by atoms with Crippen LogP contribution in [0.3, 0.4) is 0 Å². The van der Waals surface area contributed by atoms with Gasteiger partial charge in [-0.25, -0.2) is 0 Å². The quantitative estimate of drug-likeness (QED) is 0.489. The minimum absolute atomic E-state index is 0. The Labute approximate surface area is 88.3 Å². The van der Waals surface area contributed by atoms with Crippen LogP contribution < -0.4 is 0 Å². The van der Waals surface area contributed by atoms with Gasteiger partial charge in [-0.3, -0.25) is 0 Å². The van der Waals surface area contributed by atoms with Gasteiger partial charge in [-0.1, -0.05) is 0 Å². The summed E-state index contributed by atoms with van der Waals surface area (Å²) in [6.07, 6.45) is 0. The van der Waals surface area contributed by atoms with Crippen LogP contribution in [0, 0.1) is 19.1 Å². The van der Waals surface area contributed by atoms with E-state index in [-0.39, 0.29) is 71.1 Å². The van der Waals surface area contributed by atoms with Crippen molar-refractivity contribution >= 4 is 51.4 Å². The van der Waals surface area contributed by atoms with Crippen molar-refractivity contribution in [2.75, 3.05) is 0 Å². The van der Waals surface area contributed by atoms with Gasteiger partial charge in [0.25, 0.3) is 0 Å². The van der Waals surface area contributed by atoms with Crippen LogP contribution in [0.25, 0.3) is 0 Å². The van der Waals surface area contributed by atoms with Crippen molar-refractivity contribution in [3.63, 3.8) is 0 Å². The molecular formula is C2HAgKN2. The van der Waals surface area contributed by atoms with Gasteiger partial charge in [0.2, 0.25) is 0 Å². The predicted octanol–water partition coefficient (Wildman–Crippen LogP) is -0.617. The summed E-state index contributed by atoms with van der Waals surface area (Å²) in [5, 5.41) is 15.2. The number of nitriles is 2. The van der Waals surface area contributed by atoms with Gasteiger partial charge in [-0.15, -0.1) is 0 Å². The molecule has 4 heteroatoms. The Hall–Kier alpha value is 1.36. The van der Waals surface area contributed by atoms with Crippen molar-refractivity contribution in [1.29, 1.82) is 10.5 Å². The van der Waals surface area contributed by atoms with E-state index in [4.69, 9.17) is 10.5 Å². The first-order valence-electron chi connectivity index (χ1n) is 0.749. The fraction of sp³-hybridized carbons (Fsp3) is 0. The Balaban J connectivity index is 0. The van der Waals surface area contributed by atoms with E-state index in [0.717, 1.165) is 0 Å². The molecule has 0 atom stereocenters. The number of hydrogen-bond donors (Lipinski definition) is 0. The van der Waals surface area contributed by atoms with Crippen LogP contribution in [0.15, 0.2) is 0 Å². The standard InChI is InChI=1S/2CN.Ag.K.H/c2*1-2;;;. The van der Waals surface area contributed by atoms with Crippen LogP contribution in [-0.2, 0) is 19.8 Å². The van der Waals surface area contributed by atoms with Crippen LogP contribution >= 0.6 is 0 Å². The van der Waals surface area contributed by atoms with E-state index in [9.17, 15) is 0 Å². The molecule has 0 radical (unpaired) electrons. The molecule has 0 aliphatic rings. The van der Waals surface area contributed by atoms with E-state index in [1.807, 2.05) is 0 Å². The summed E-state index contributed by atoms with van der Waals surface area (Å²) in [4.78, 5) is 0. The first-order chi connectivity index (χ1) is 2.41. The van der Waals surface area contributed by atoms with Crippen molar-refractivity contribution < 1.29 is 19.8 Å². The van der Waals surface area contributed by atoms with Gasteiger partial charge in [0, 0.05) is 0 Å². The SMILES string of the molecule is N#[C][Ag][C]#N.[KH]. The van der Waals surface area contributed by atoms with E-state index in [2.05, 4.69) is 0 Å². The van der Waals surface area contributed by atoms with Crippen LogP contribution in [-0.4, -0.2) is 51.4 Å². The first kappa shape index (κ1) is 10.4. The first-order valence-corrected chi connectivity index (χ1v) is 2.23. The Kier molecular flexibility index (Phi) is 16.6. The van der Waals surface area contributed by atoms with Gasteiger partial charge in [0.15, 0.2) is 0 Å². The van der Waals surface area contributed by atoms with Gasteiger partial charge < -0.3 is 0 Å². The van der Waals surface area contributed by atoms with Crippen molar-refractivity contribution in [1.82, 2.24) is 0 Å². The van der Waals surface area contributed by atoms with Gasteiger partial charge in [-0.05, 0) is 0 Å². The molecular weight excluding hydrogens is 199 g/mol. The summed E-state index contributed by atoms with van der Waals surface area (Å²) < 4.78 is 3.37. The van der Waals surface area contributed by atoms with Gasteiger partial charge in [-0.2, -0.15) is 0 Å². The normalized spacial score (nSPS) is 4.33. The molecule has 2 nitrogen and oxygen atoms in total. The van der Waals surface area contributed by atoms with Crippen molar-refractivity contribution in [3.8, 4) is 8.57 Å². The third-order valence-corrected chi connectivity index (χ3v) is 0.399. The Morgan fingerprint density at radius 2 is 1.50 bits per heavy atom. The number of nitrogens with zero attached hydrogens (tertiary/aromatic N) is 2. The topological polar surface area (TPSA) is 47.6 Å². The van der Waals surface area contributed by atoms with Crippen LogP contribution in [0.5, 0.6) is 0 Å². The summed E-state index contributed by atoms with van der Waals surface area (Å²) >= 11 is -0.207. The zero-order valence-electron chi connectivity index (χ0n) is 2.20. The average Bonchev–Trinajstić information content (AvgIpc) is 1.41. The Morgan fingerprint density at radius 1 is 1.17 bits per heavy atom. The molecule has 0 bridgehead atoms. The van der Waals surface area contributed by atoms with Crippen molar-refractivity contribution in [2.24, 2.45) is 0 Å². The van der Waals surface area contributed by atoms with Gasteiger partial charge >= 0.3 is 90.2 Å². The fourth-order valence-electron chi connectivity index (χ4n) is 0.0151. The monoisotopic (exact) mass is 199 g/mol. The van der Waals surface area contributed by atoms with Gasteiger partial charge in [0.05, 0.1) is 0 Å². The molecule has 6 heavy (non-hydrogen) atoms. The molecule has 0 saturated heterocycles. The summed E-state index contributed by atoms with van der Waals surface area (Å²) in [6.45, 7) is 0. The van der Waals surface area contributed by atoms with Crippen LogP contribution in [0.1, 0.15) is 0 Å². The zero-order valence-corrected chi connectivity index (χ0v) is 3.68. The third-order valence-electron chi connectivity index (χ3n) is 0.0674. The minimum atomic E-state index is -0.207. The maximum atomic E-state index is 7.61. The number of hydrogen-bond acceptors (Lipinski definition) is 2. The summed E-state index contributed by atoms with van der Waals surface area (Å²) in [5.41, 5.74) is 0. The molecule has 0 aliphatic heterocycles. The molecule has 0 aliphatic carbocycles. The molecule has 0 heterocycles. The molecule has 0 spiro atoms. The van der Waals surface area contributed by atoms with E-state index in [1.54, 1.807) is 8.57 Å².